The zero-order valence-corrected chi connectivity index (χ0v) is 21.4. The third kappa shape index (κ3) is 7.58. The smallest absolute Gasteiger partial charge is 0.213 e. The summed E-state index contributed by atoms with van der Waals surface area (Å²) < 4.78 is 7.76. The molecule has 4 aromatic rings. The molecule has 0 aliphatic rings. The van der Waals surface area contributed by atoms with E-state index in [2.05, 4.69) is 43.9 Å². The van der Waals surface area contributed by atoms with E-state index in [1.807, 2.05) is 65.5 Å². The molecule has 8 heteroatoms. The molecule has 2 N–H and O–H groups in total. The molecule has 0 saturated heterocycles. The van der Waals surface area contributed by atoms with Gasteiger partial charge >= 0.3 is 0 Å². The van der Waals surface area contributed by atoms with Gasteiger partial charge in [-0.25, -0.2) is 4.98 Å². The normalized spacial score (nSPS) is 10.9. The summed E-state index contributed by atoms with van der Waals surface area (Å²) >= 11 is 0. The molecule has 2 aromatic carbocycles. The highest BCUT2D eigenvalue weighted by atomic mass is 127. The van der Waals surface area contributed by atoms with Gasteiger partial charge in [0.05, 0.1) is 6.54 Å². The van der Waals surface area contributed by atoms with Crippen LogP contribution in [-0.2, 0) is 26.2 Å². The summed E-state index contributed by atoms with van der Waals surface area (Å²) in [4.78, 5) is 8.67. The summed E-state index contributed by atoms with van der Waals surface area (Å²) in [6, 6.07) is 24.3. The predicted octanol–water partition coefficient (Wildman–Crippen LogP) is 4.39. The van der Waals surface area contributed by atoms with Gasteiger partial charge in [0, 0.05) is 44.8 Å². The van der Waals surface area contributed by atoms with Crippen LogP contribution in [0.3, 0.4) is 0 Å². The molecule has 0 atom stereocenters. The van der Waals surface area contributed by atoms with E-state index in [9.17, 15) is 0 Å². The lowest BCUT2D eigenvalue weighted by Gasteiger charge is -2.15. The fourth-order valence-electron chi connectivity index (χ4n) is 3.41. The van der Waals surface area contributed by atoms with Crippen LogP contribution >= 0.6 is 24.0 Å². The number of nitrogens with one attached hydrogen (secondary N) is 2. The van der Waals surface area contributed by atoms with Crippen LogP contribution in [0.1, 0.15) is 22.3 Å². The first kappa shape index (κ1) is 25.2. The van der Waals surface area contributed by atoms with Crippen molar-refractivity contribution in [2.75, 3.05) is 7.05 Å². The summed E-state index contributed by atoms with van der Waals surface area (Å²) in [5.74, 6) is 1.33. The molecule has 0 aliphatic heterocycles. The summed E-state index contributed by atoms with van der Waals surface area (Å²) in [7, 11) is 1.77. The van der Waals surface area contributed by atoms with E-state index in [0.717, 1.165) is 23.6 Å². The molecule has 176 valence electrons. The fourth-order valence-corrected chi connectivity index (χ4v) is 3.41. The zero-order valence-electron chi connectivity index (χ0n) is 19.1. The molecule has 0 aliphatic carbocycles. The van der Waals surface area contributed by atoms with E-state index in [-0.39, 0.29) is 24.0 Å². The molecule has 2 heterocycles. The number of ether oxygens (including phenoxy) is 1. The number of pyridine rings is 1. The Morgan fingerprint density at radius 1 is 0.882 bits per heavy atom. The van der Waals surface area contributed by atoms with E-state index < -0.39 is 0 Å². The highest BCUT2D eigenvalue weighted by Gasteiger charge is 2.06. The summed E-state index contributed by atoms with van der Waals surface area (Å²) in [6.07, 6.45) is 5.53. The number of aliphatic imine (C=N–C) groups is 1. The maximum Gasteiger partial charge on any atom is 0.213 e. The molecule has 0 amide bonds. The first-order valence-corrected chi connectivity index (χ1v) is 10.9. The number of rotatable bonds is 9. The van der Waals surface area contributed by atoms with Crippen LogP contribution in [0.2, 0.25) is 0 Å². The largest absolute Gasteiger partial charge is 0.473 e. The van der Waals surface area contributed by atoms with E-state index in [0.29, 0.717) is 25.6 Å². The Bertz CT molecular complexity index is 1160. The molecule has 0 unspecified atom stereocenters. The van der Waals surface area contributed by atoms with E-state index in [1.165, 1.54) is 11.1 Å². The van der Waals surface area contributed by atoms with Crippen molar-refractivity contribution in [3.8, 4) is 5.88 Å². The first-order valence-electron chi connectivity index (χ1n) is 10.9. The highest BCUT2D eigenvalue weighted by Crippen LogP contribution is 2.12. The summed E-state index contributed by atoms with van der Waals surface area (Å²) in [5.41, 5.74) is 4.60. The number of hydrogen-bond donors (Lipinski definition) is 2. The molecule has 7 nitrogen and oxygen atoms in total. The third-order valence-electron chi connectivity index (χ3n) is 5.17. The molecule has 0 radical (unpaired) electrons. The highest BCUT2D eigenvalue weighted by molar-refractivity contribution is 14.0. The number of benzene rings is 2. The van der Waals surface area contributed by atoms with Gasteiger partial charge in [-0.05, 0) is 34.4 Å². The lowest BCUT2D eigenvalue weighted by Crippen LogP contribution is -2.36. The molecule has 0 bridgehead atoms. The standard InChI is InChI=1S/C26H28N6O.HI/c1-27-26(30-18-23-10-5-6-11-24(23)19-32-15-7-13-31-32)29-17-22-12-14-28-25(16-22)33-20-21-8-3-2-4-9-21;/h2-16H,17-20H2,1H3,(H2,27,29,30);1H. The van der Waals surface area contributed by atoms with Gasteiger partial charge in [-0.1, -0.05) is 54.6 Å². The minimum atomic E-state index is 0. The number of aromatic nitrogens is 3. The second kappa shape index (κ2) is 13.3. The maximum atomic E-state index is 5.84. The van der Waals surface area contributed by atoms with E-state index in [1.54, 1.807) is 19.4 Å². The number of hydrogen-bond acceptors (Lipinski definition) is 4. The van der Waals surface area contributed by atoms with Crippen molar-refractivity contribution < 1.29 is 4.74 Å². The van der Waals surface area contributed by atoms with Crippen molar-refractivity contribution >= 4 is 29.9 Å². The third-order valence-corrected chi connectivity index (χ3v) is 5.17. The van der Waals surface area contributed by atoms with Crippen LogP contribution in [-0.4, -0.2) is 27.8 Å². The van der Waals surface area contributed by atoms with Crippen molar-refractivity contribution in [1.82, 2.24) is 25.4 Å². The summed E-state index contributed by atoms with van der Waals surface area (Å²) in [6.45, 7) is 2.50. The van der Waals surface area contributed by atoms with Crippen LogP contribution in [0.4, 0.5) is 0 Å². The topological polar surface area (TPSA) is 76.4 Å². The van der Waals surface area contributed by atoms with Crippen LogP contribution in [0.5, 0.6) is 5.88 Å². The first-order chi connectivity index (χ1) is 16.3. The van der Waals surface area contributed by atoms with Gasteiger partial charge in [0.2, 0.25) is 5.88 Å². The van der Waals surface area contributed by atoms with Gasteiger partial charge < -0.3 is 15.4 Å². The molecular weight excluding hydrogens is 539 g/mol. The Morgan fingerprint density at radius 3 is 2.41 bits per heavy atom. The number of halogens is 1. The molecule has 0 saturated carbocycles. The van der Waals surface area contributed by atoms with Gasteiger partial charge in [0.1, 0.15) is 6.61 Å². The van der Waals surface area contributed by atoms with Crippen LogP contribution in [0, 0.1) is 0 Å². The Balaban J connectivity index is 0.00000324. The van der Waals surface area contributed by atoms with Gasteiger partial charge in [-0.15, -0.1) is 24.0 Å². The Labute approximate surface area is 217 Å². The fraction of sp³-hybridized carbons (Fsp3) is 0.192. The predicted molar refractivity (Wildman–Crippen MR) is 145 cm³/mol. The lowest BCUT2D eigenvalue weighted by atomic mass is 10.1. The van der Waals surface area contributed by atoms with E-state index >= 15 is 0 Å². The minimum absolute atomic E-state index is 0. The lowest BCUT2D eigenvalue weighted by molar-refractivity contribution is 0.293. The van der Waals surface area contributed by atoms with Crippen LogP contribution in [0.25, 0.3) is 0 Å². The molecule has 2 aromatic heterocycles. The molecule has 34 heavy (non-hydrogen) atoms. The Kier molecular flexibility index (Phi) is 9.90. The average molecular weight is 568 g/mol. The maximum absolute atomic E-state index is 5.84. The van der Waals surface area contributed by atoms with Crippen molar-refractivity contribution in [3.05, 3.63) is 114 Å². The molecule has 4 rings (SSSR count). The van der Waals surface area contributed by atoms with Gasteiger partial charge in [-0.3, -0.25) is 9.67 Å². The van der Waals surface area contributed by atoms with Crippen molar-refractivity contribution in [2.24, 2.45) is 4.99 Å². The van der Waals surface area contributed by atoms with Crippen LogP contribution in [0.15, 0.2) is 96.4 Å². The van der Waals surface area contributed by atoms with Crippen molar-refractivity contribution in [3.63, 3.8) is 0 Å². The SMILES string of the molecule is CN=C(NCc1ccnc(OCc2ccccc2)c1)NCc1ccccc1Cn1cccn1.I. The van der Waals surface area contributed by atoms with Gasteiger partial charge in [0.25, 0.3) is 0 Å². The zero-order chi connectivity index (χ0) is 22.7. The quantitative estimate of drug-likeness (QED) is 0.178. The number of guanidine groups is 1. The second-order valence-corrected chi connectivity index (χ2v) is 7.53. The molecule has 0 spiro atoms. The Morgan fingerprint density at radius 2 is 1.65 bits per heavy atom. The minimum Gasteiger partial charge on any atom is -0.473 e. The molecular formula is C26H29IN6O. The van der Waals surface area contributed by atoms with Crippen LogP contribution < -0.4 is 15.4 Å². The van der Waals surface area contributed by atoms with Crippen molar-refractivity contribution in [2.45, 2.75) is 26.2 Å². The van der Waals surface area contributed by atoms with Gasteiger partial charge in [-0.2, -0.15) is 5.10 Å². The Hall–Kier alpha value is -3.40. The molecule has 0 fully saturated rings. The average Bonchev–Trinajstić information content (AvgIpc) is 3.38. The van der Waals surface area contributed by atoms with Crippen molar-refractivity contribution in [1.29, 1.82) is 0 Å². The number of nitrogens with zero attached hydrogens (tertiary/aromatic N) is 4. The van der Waals surface area contributed by atoms with E-state index in [4.69, 9.17) is 4.74 Å². The summed E-state index contributed by atoms with van der Waals surface area (Å²) in [5, 5.41) is 11.1. The van der Waals surface area contributed by atoms with Gasteiger partial charge in [0.15, 0.2) is 5.96 Å². The monoisotopic (exact) mass is 568 g/mol. The second-order valence-electron chi connectivity index (χ2n) is 7.53.